The Morgan fingerprint density at radius 3 is 2.61 bits per heavy atom. The second-order valence-corrected chi connectivity index (χ2v) is 9.56. The molecular formula is C24H33N3O4. The number of nitrogens with zero attached hydrogens (tertiary/aromatic N) is 3. The van der Waals surface area contributed by atoms with Gasteiger partial charge in [0.1, 0.15) is 11.3 Å². The quantitative estimate of drug-likeness (QED) is 0.649. The highest BCUT2D eigenvalue weighted by Gasteiger charge is 2.44. The van der Waals surface area contributed by atoms with Crippen molar-refractivity contribution in [3.63, 3.8) is 0 Å². The Morgan fingerprint density at radius 2 is 2.00 bits per heavy atom. The van der Waals surface area contributed by atoms with E-state index in [0.29, 0.717) is 18.0 Å². The molecule has 2 aliphatic carbocycles. The maximum atomic E-state index is 11.7. The highest BCUT2D eigenvalue weighted by atomic mass is 16.5. The first kappa shape index (κ1) is 21.7. The van der Waals surface area contributed by atoms with Crippen LogP contribution in [0.2, 0.25) is 0 Å². The van der Waals surface area contributed by atoms with Gasteiger partial charge >= 0.3 is 5.97 Å². The number of hydrogen-bond donors (Lipinski definition) is 1. The van der Waals surface area contributed by atoms with Gasteiger partial charge in [0.15, 0.2) is 0 Å². The number of carbonyl (C=O) groups is 1. The zero-order chi connectivity index (χ0) is 22.1. The maximum Gasteiger partial charge on any atom is 0.342 e. The number of rotatable bonds is 8. The topological polar surface area (TPSA) is 84.8 Å². The lowest BCUT2D eigenvalue weighted by molar-refractivity contribution is 0.0687. The van der Waals surface area contributed by atoms with Gasteiger partial charge in [0.2, 0.25) is 11.8 Å². The monoisotopic (exact) mass is 427 g/mol. The number of ether oxygens (including phenoxy) is 2. The molecule has 1 aliphatic heterocycles. The SMILES string of the molecule is CCCC1=C(OC)C=CC(C)(COc2nc(N3CCC4(CC3)CC4)ncc2C(=O)O)C1. The van der Waals surface area contributed by atoms with Crippen molar-refractivity contribution < 1.29 is 19.4 Å². The van der Waals surface area contributed by atoms with E-state index in [1.165, 1.54) is 24.6 Å². The molecule has 1 spiro atoms. The van der Waals surface area contributed by atoms with Gasteiger partial charge in [-0.2, -0.15) is 4.98 Å². The normalized spacial score (nSPS) is 24.4. The molecule has 7 heteroatoms. The molecule has 4 rings (SSSR count). The second kappa shape index (κ2) is 8.52. The maximum absolute atomic E-state index is 11.7. The number of methoxy groups -OCH3 is 1. The predicted octanol–water partition coefficient (Wildman–Crippen LogP) is 4.60. The molecule has 0 bridgehead atoms. The Labute approximate surface area is 184 Å². The lowest BCUT2D eigenvalue weighted by Crippen LogP contribution is -2.35. The van der Waals surface area contributed by atoms with Crippen molar-refractivity contribution in [1.82, 2.24) is 9.97 Å². The van der Waals surface area contributed by atoms with Crippen LogP contribution >= 0.6 is 0 Å². The molecule has 7 nitrogen and oxygen atoms in total. The van der Waals surface area contributed by atoms with Gasteiger partial charge < -0.3 is 19.5 Å². The lowest BCUT2D eigenvalue weighted by Gasteiger charge is -2.33. The van der Waals surface area contributed by atoms with E-state index in [9.17, 15) is 9.90 Å². The van der Waals surface area contributed by atoms with Gasteiger partial charge in [-0.1, -0.05) is 26.3 Å². The summed E-state index contributed by atoms with van der Waals surface area (Å²) in [5.74, 6) is 0.563. The van der Waals surface area contributed by atoms with Crippen LogP contribution in [0.25, 0.3) is 0 Å². The molecule has 0 amide bonds. The summed E-state index contributed by atoms with van der Waals surface area (Å²) >= 11 is 0. The number of aromatic carboxylic acids is 1. The fourth-order valence-electron chi connectivity index (χ4n) is 4.71. The van der Waals surface area contributed by atoms with E-state index in [1.807, 2.05) is 6.08 Å². The first-order chi connectivity index (χ1) is 14.9. The van der Waals surface area contributed by atoms with Crippen LogP contribution in [0.15, 0.2) is 29.7 Å². The van der Waals surface area contributed by atoms with Crippen LogP contribution in [0, 0.1) is 10.8 Å². The van der Waals surface area contributed by atoms with Crippen LogP contribution in [-0.2, 0) is 4.74 Å². The first-order valence-electron chi connectivity index (χ1n) is 11.3. The van der Waals surface area contributed by atoms with E-state index in [-0.39, 0.29) is 16.9 Å². The minimum atomic E-state index is -1.07. The number of piperidine rings is 1. The molecule has 1 N–H and O–H groups in total. The summed E-state index contributed by atoms with van der Waals surface area (Å²) in [7, 11) is 1.70. The minimum absolute atomic E-state index is 0.00437. The zero-order valence-electron chi connectivity index (χ0n) is 18.8. The number of aromatic nitrogens is 2. The Kier molecular flexibility index (Phi) is 5.95. The Bertz CT molecular complexity index is 896. The van der Waals surface area contributed by atoms with E-state index in [1.54, 1.807) is 7.11 Å². The molecule has 2 heterocycles. The fraction of sp³-hybridized carbons (Fsp3) is 0.625. The zero-order valence-corrected chi connectivity index (χ0v) is 18.8. The summed E-state index contributed by atoms with van der Waals surface area (Å²) < 4.78 is 11.6. The third-order valence-corrected chi connectivity index (χ3v) is 6.95. The average molecular weight is 428 g/mol. The van der Waals surface area contributed by atoms with Gasteiger partial charge in [-0.15, -0.1) is 0 Å². The molecule has 1 aromatic rings. The largest absolute Gasteiger partial charge is 0.497 e. The summed E-state index contributed by atoms with van der Waals surface area (Å²) in [6, 6.07) is 0. The summed E-state index contributed by atoms with van der Waals surface area (Å²) in [6.45, 7) is 6.44. The van der Waals surface area contributed by atoms with Crippen molar-refractivity contribution in [2.45, 2.75) is 58.8 Å². The van der Waals surface area contributed by atoms with E-state index in [4.69, 9.17) is 9.47 Å². The summed E-state index contributed by atoms with van der Waals surface area (Å²) in [5, 5.41) is 9.61. The van der Waals surface area contributed by atoms with Crippen molar-refractivity contribution in [3.8, 4) is 5.88 Å². The fourth-order valence-corrected chi connectivity index (χ4v) is 4.71. The second-order valence-electron chi connectivity index (χ2n) is 9.56. The number of allylic oxidation sites excluding steroid dienone is 2. The highest BCUT2D eigenvalue weighted by Crippen LogP contribution is 2.53. The molecule has 168 valence electrons. The minimum Gasteiger partial charge on any atom is -0.497 e. The highest BCUT2D eigenvalue weighted by molar-refractivity contribution is 5.89. The smallest absolute Gasteiger partial charge is 0.342 e. The van der Waals surface area contributed by atoms with Crippen LogP contribution in [-0.4, -0.2) is 47.8 Å². The first-order valence-corrected chi connectivity index (χ1v) is 11.3. The molecule has 1 aromatic heterocycles. The molecule has 3 aliphatic rings. The number of carboxylic acids is 1. The van der Waals surface area contributed by atoms with Crippen LogP contribution in [0.1, 0.15) is 69.2 Å². The van der Waals surface area contributed by atoms with Gasteiger partial charge in [-0.3, -0.25) is 0 Å². The van der Waals surface area contributed by atoms with Crippen molar-refractivity contribution >= 4 is 11.9 Å². The number of hydrogen-bond acceptors (Lipinski definition) is 6. The summed E-state index contributed by atoms with van der Waals surface area (Å²) in [6.07, 6.45) is 13.3. The molecule has 1 atom stereocenters. The van der Waals surface area contributed by atoms with Crippen molar-refractivity contribution in [1.29, 1.82) is 0 Å². The third-order valence-electron chi connectivity index (χ3n) is 6.95. The Balaban J connectivity index is 1.48. The van der Waals surface area contributed by atoms with E-state index >= 15 is 0 Å². The van der Waals surface area contributed by atoms with Crippen molar-refractivity contribution in [3.05, 3.63) is 35.2 Å². The number of carboxylic acid groups (broad SMARTS) is 1. The van der Waals surface area contributed by atoms with Crippen molar-refractivity contribution in [2.24, 2.45) is 10.8 Å². The average Bonchev–Trinajstić information content (AvgIpc) is 3.52. The number of anilines is 1. The van der Waals surface area contributed by atoms with Crippen LogP contribution < -0.4 is 9.64 Å². The van der Waals surface area contributed by atoms with Gasteiger partial charge in [0, 0.05) is 18.5 Å². The molecule has 0 aromatic carbocycles. The van der Waals surface area contributed by atoms with Gasteiger partial charge in [-0.05, 0) is 55.6 Å². The third kappa shape index (κ3) is 4.70. The lowest BCUT2D eigenvalue weighted by atomic mass is 9.79. The molecular weight excluding hydrogens is 394 g/mol. The van der Waals surface area contributed by atoms with E-state index in [2.05, 4.69) is 34.8 Å². The predicted molar refractivity (Wildman–Crippen MR) is 118 cm³/mol. The molecule has 1 saturated heterocycles. The summed E-state index contributed by atoms with van der Waals surface area (Å²) in [4.78, 5) is 22.8. The van der Waals surface area contributed by atoms with Crippen LogP contribution in [0.4, 0.5) is 5.95 Å². The Hall–Kier alpha value is -2.57. The molecule has 1 saturated carbocycles. The Morgan fingerprint density at radius 1 is 1.26 bits per heavy atom. The van der Waals surface area contributed by atoms with Crippen molar-refractivity contribution in [2.75, 3.05) is 31.7 Å². The van der Waals surface area contributed by atoms with Crippen LogP contribution in [0.3, 0.4) is 0 Å². The molecule has 31 heavy (non-hydrogen) atoms. The van der Waals surface area contributed by atoms with Crippen LogP contribution in [0.5, 0.6) is 5.88 Å². The van der Waals surface area contributed by atoms with Gasteiger partial charge in [0.05, 0.1) is 19.9 Å². The van der Waals surface area contributed by atoms with E-state index in [0.717, 1.165) is 51.0 Å². The van der Waals surface area contributed by atoms with E-state index < -0.39 is 5.97 Å². The molecule has 2 fully saturated rings. The summed E-state index contributed by atoms with van der Waals surface area (Å²) in [5.41, 5.74) is 1.58. The van der Waals surface area contributed by atoms with Gasteiger partial charge in [0.25, 0.3) is 0 Å². The van der Waals surface area contributed by atoms with Gasteiger partial charge in [-0.25, -0.2) is 9.78 Å². The standard InChI is InChI=1S/C24H33N3O4/c1-4-5-17-14-23(2,7-6-19(17)30-3)16-31-20-18(21(28)29)15-25-22(26-20)27-12-10-24(8-9-24)11-13-27/h6-7,15H,4-5,8-14,16H2,1-3H3,(H,28,29). The molecule has 1 unspecified atom stereocenters. The molecule has 0 radical (unpaired) electrons.